The quantitative estimate of drug-likeness (QED) is 0.658. The Hall–Kier alpha value is -1.24. The highest BCUT2D eigenvalue weighted by molar-refractivity contribution is 6.02. The molecule has 3 atom stereocenters. The van der Waals surface area contributed by atoms with Gasteiger partial charge in [0.25, 0.3) is 5.91 Å². The molecule has 0 aromatic carbocycles. The van der Waals surface area contributed by atoms with E-state index in [1.807, 2.05) is 0 Å². The standard InChI is InChI=1S/C10H13N2O4/c13-5-7-1-2-9(16-7)12-4-3-8(14)11(6-12)10(12)15/h3-4,7,9,13H,1-2,5-6H2/q+1. The van der Waals surface area contributed by atoms with Crippen LogP contribution in [0.25, 0.3) is 0 Å². The van der Waals surface area contributed by atoms with E-state index in [0.717, 1.165) is 12.8 Å². The van der Waals surface area contributed by atoms with Crippen molar-refractivity contribution in [3.8, 4) is 0 Å². The Morgan fingerprint density at radius 2 is 2.31 bits per heavy atom. The van der Waals surface area contributed by atoms with Crippen molar-refractivity contribution in [1.82, 2.24) is 4.90 Å². The van der Waals surface area contributed by atoms with Crippen molar-refractivity contribution < 1.29 is 23.9 Å². The third-order valence-electron chi connectivity index (χ3n) is 3.51. The average Bonchev–Trinajstić information content (AvgIpc) is 2.77. The maximum atomic E-state index is 11.8. The maximum absolute atomic E-state index is 11.8. The Balaban J connectivity index is 1.83. The molecule has 4 rings (SSSR count). The fourth-order valence-corrected chi connectivity index (χ4v) is 2.53. The molecular weight excluding hydrogens is 212 g/mol. The molecule has 0 aromatic rings. The molecule has 0 aromatic heterocycles. The molecule has 86 valence electrons. The van der Waals surface area contributed by atoms with E-state index >= 15 is 0 Å². The van der Waals surface area contributed by atoms with Gasteiger partial charge >= 0.3 is 6.03 Å². The highest BCUT2D eigenvalue weighted by Crippen LogP contribution is 2.38. The number of imide groups is 1. The van der Waals surface area contributed by atoms with E-state index in [4.69, 9.17) is 9.84 Å². The Morgan fingerprint density at radius 1 is 1.50 bits per heavy atom. The van der Waals surface area contributed by atoms with Crippen LogP contribution >= 0.6 is 0 Å². The molecule has 2 fully saturated rings. The number of hydrogen-bond acceptors (Lipinski definition) is 4. The molecular formula is C10H13N2O4+. The van der Waals surface area contributed by atoms with Gasteiger partial charge in [0.2, 0.25) is 6.23 Å². The summed E-state index contributed by atoms with van der Waals surface area (Å²) in [5.74, 6) is -0.248. The molecule has 3 amide bonds. The highest BCUT2D eigenvalue weighted by Gasteiger charge is 2.63. The van der Waals surface area contributed by atoms with Gasteiger partial charge in [-0.1, -0.05) is 0 Å². The summed E-state index contributed by atoms with van der Waals surface area (Å²) in [6.45, 7) is 0.355. The summed E-state index contributed by atoms with van der Waals surface area (Å²) in [4.78, 5) is 24.3. The van der Waals surface area contributed by atoms with E-state index in [9.17, 15) is 9.59 Å². The molecule has 4 aliphatic rings. The fourth-order valence-electron chi connectivity index (χ4n) is 2.53. The van der Waals surface area contributed by atoms with Gasteiger partial charge in [0.05, 0.1) is 18.8 Å². The summed E-state index contributed by atoms with van der Waals surface area (Å²) in [5.41, 5.74) is 0. The average molecular weight is 225 g/mol. The smallest absolute Gasteiger partial charge is 0.394 e. The molecule has 0 saturated carbocycles. The molecule has 0 aliphatic carbocycles. The van der Waals surface area contributed by atoms with Crippen LogP contribution in [0.3, 0.4) is 0 Å². The number of nitrogens with zero attached hydrogens (tertiary/aromatic N) is 2. The van der Waals surface area contributed by atoms with Gasteiger partial charge in [-0.3, -0.25) is 4.79 Å². The van der Waals surface area contributed by atoms with Crippen LogP contribution < -0.4 is 0 Å². The molecule has 6 heteroatoms. The minimum absolute atomic E-state index is 0.0168. The SMILES string of the molecule is O=C1C=C[N+]2(C3CCC(CO)O3)CN1C2=O. The second-order valence-corrected chi connectivity index (χ2v) is 4.41. The van der Waals surface area contributed by atoms with Gasteiger partial charge in [-0.25, -0.2) is 4.79 Å². The highest BCUT2D eigenvalue weighted by atomic mass is 16.5. The Morgan fingerprint density at radius 3 is 2.88 bits per heavy atom. The lowest BCUT2D eigenvalue weighted by atomic mass is 10.1. The molecule has 2 saturated heterocycles. The Bertz CT molecular complexity index is 394. The van der Waals surface area contributed by atoms with Crippen molar-refractivity contribution in [3.63, 3.8) is 0 Å². The lowest BCUT2D eigenvalue weighted by Crippen LogP contribution is -2.76. The normalized spacial score (nSPS) is 41.4. The first-order valence-electron chi connectivity index (χ1n) is 5.36. The lowest BCUT2D eigenvalue weighted by Gasteiger charge is -2.49. The van der Waals surface area contributed by atoms with E-state index in [2.05, 4.69) is 0 Å². The number of carbonyl (C=O) groups excluding carboxylic acids is 2. The molecule has 1 N–H and O–H groups in total. The number of carbonyl (C=O) groups is 2. The number of hydrogen-bond donors (Lipinski definition) is 1. The van der Waals surface area contributed by atoms with Crippen LogP contribution in [-0.4, -0.2) is 52.0 Å². The van der Waals surface area contributed by atoms with Crippen molar-refractivity contribution in [3.05, 3.63) is 12.3 Å². The van der Waals surface area contributed by atoms with Crippen molar-refractivity contribution >= 4 is 11.9 Å². The predicted octanol–water partition coefficient (Wildman–Crippen LogP) is -0.252. The minimum atomic E-state index is -0.248. The summed E-state index contributed by atoms with van der Waals surface area (Å²) < 4.78 is 5.69. The van der Waals surface area contributed by atoms with Crippen LogP contribution in [0.2, 0.25) is 0 Å². The first kappa shape index (κ1) is 9.95. The third-order valence-corrected chi connectivity index (χ3v) is 3.51. The van der Waals surface area contributed by atoms with Crippen LogP contribution in [0.1, 0.15) is 12.8 Å². The number of fused-ring (bicyclic) bond motifs is 1. The van der Waals surface area contributed by atoms with Crippen LogP contribution in [0.4, 0.5) is 4.79 Å². The third kappa shape index (κ3) is 1.06. The molecule has 16 heavy (non-hydrogen) atoms. The number of quaternary nitrogens is 1. The number of amides is 3. The van der Waals surface area contributed by atoms with Crippen molar-refractivity contribution in [2.75, 3.05) is 13.3 Å². The zero-order chi connectivity index (χ0) is 11.3. The minimum Gasteiger partial charge on any atom is -0.394 e. The van der Waals surface area contributed by atoms with Gasteiger partial charge in [0.15, 0.2) is 6.67 Å². The van der Waals surface area contributed by atoms with Crippen molar-refractivity contribution in [2.24, 2.45) is 0 Å². The van der Waals surface area contributed by atoms with Crippen LogP contribution in [0.15, 0.2) is 12.3 Å². The summed E-state index contributed by atoms with van der Waals surface area (Å²) in [6, 6.07) is -0.212. The summed E-state index contributed by atoms with van der Waals surface area (Å²) in [7, 11) is 0. The van der Waals surface area contributed by atoms with Gasteiger partial charge in [-0.15, -0.1) is 0 Å². The van der Waals surface area contributed by atoms with Crippen molar-refractivity contribution in [2.45, 2.75) is 25.2 Å². The number of urea groups is 1. The Labute approximate surface area is 92.3 Å². The van der Waals surface area contributed by atoms with E-state index in [0.29, 0.717) is 6.67 Å². The van der Waals surface area contributed by atoms with Crippen LogP contribution in [0, 0.1) is 0 Å². The van der Waals surface area contributed by atoms with E-state index < -0.39 is 0 Å². The first-order valence-corrected chi connectivity index (χ1v) is 5.36. The van der Waals surface area contributed by atoms with Gasteiger partial charge in [0.1, 0.15) is 6.20 Å². The second-order valence-electron chi connectivity index (χ2n) is 4.41. The largest absolute Gasteiger partial charge is 0.438 e. The van der Waals surface area contributed by atoms with E-state index in [-0.39, 0.29) is 35.4 Å². The molecule has 6 nitrogen and oxygen atoms in total. The predicted molar refractivity (Wildman–Crippen MR) is 51.5 cm³/mol. The van der Waals surface area contributed by atoms with Gasteiger partial charge in [-0.05, 0) is 6.42 Å². The Kier molecular flexibility index (Phi) is 1.95. The van der Waals surface area contributed by atoms with Crippen LogP contribution in [-0.2, 0) is 9.53 Å². The molecule has 4 aliphatic heterocycles. The molecule has 2 bridgehead atoms. The summed E-state index contributed by atoms with van der Waals surface area (Å²) in [5, 5.41) is 8.99. The lowest BCUT2D eigenvalue weighted by molar-refractivity contribution is -0.895. The molecule has 3 unspecified atom stereocenters. The van der Waals surface area contributed by atoms with E-state index in [1.165, 1.54) is 11.0 Å². The van der Waals surface area contributed by atoms with Crippen LogP contribution in [0.5, 0.6) is 0 Å². The fraction of sp³-hybridized carbons (Fsp3) is 0.600. The zero-order valence-electron chi connectivity index (χ0n) is 8.70. The topological polar surface area (TPSA) is 66.8 Å². The number of aliphatic hydroxyl groups is 1. The van der Waals surface area contributed by atoms with Crippen molar-refractivity contribution in [1.29, 1.82) is 0 Å². The number of ether oxygens (including phenoxy) is 1. The monoisotopic (exact) mass is 225 g/mol. The molecule has 0 radical (unpaired) electrons. The van der Waals surface area contributed by atoms with Gasteiger partial charge < -0.3 is 9.84 Å². The number of aliphatic hydroxyl groups excluding tert-OH is 1. The maximum Gasteiger partial charge on any atom is 0.438 e. The summed E-state index contributed by atoms with van der Waals surface area (Å²) >= 11 is 0. The molecule has 0 spiro atoms. The zero-order valence-corrected chi connectivity index (χ0v) is 8.70. The van der Waals surface area contributed by atoms with E-state index in [1.54, 1.807) is 6.20 Å². The number of rotatable bonds is 2. The molecule has 4 heterocycles. The summed E-state index contributed by atoms with van der Waals surface area (Å²) in [6.07, 6.45) is 4.12. The van der Waals surface area contributed by atoms with Gasteiger partial charge in [0, 0.05) is 6.42 Å². The second kappa shape index (κ2) is 3.13. The first-order chi connectivity index (χ1) is 7.67. The van der Waals surface area contributed by atoms with Gasteiger partial charge in [-0.2, -0.15) is 9.38 Å².